The highest BCUT2D eigenvalue weighted by molar-refractivity contribution is 6.01. The lowest BCUT2D eigenvalue weighted by atomic mass is 9.32. The van der Waals surface area contributed by atoms with Gasteiger partial charge in [0, 0.05) is 17.2 Å². The summed E-state index contributed by atoms with van der Waals surface area (Å²) in [7, 11) is 0. The number of nitrogen functional groups attached to an aromatic ring is 1. The smallest absolute Gasteiger partial charge is 0.394 e. The highest BCUT2D eigenvalue weighted by Gasteiger charge is 2.81. The van der Waals surface area contributed by atoms with Gasteiger partial charge >= 0.3 is 6.18 Å². The molecule has 1 aromatic heterocycles. The number of benzene rings is 1. The molecule has 1 aromatic carbocycles. The fourth-order valence-corrected chi connectivity index (χ4v) is 5.01. The monoisotopic (exact) mass is 486 g/mol. The molecule has 12 heteroatoms. The predicted molar refractivity (Wildman–Crippen MR) is 108 cm³/mol. The van der Waals surface area contributed by atoms with E-state index in [0.717, 1.165) is 24.4 Å². The van der Waals surface area contributed by atoms with E-state index >= 15 is 0 Å². The third-order valence-electron chi connectivity index (χ3n) is 6.69. The Kier molecular flexibility index (Phi) is 5.52. The standard InChI is InChI=1S/C22H20F6N4O2/c1-10(16-14(25)5-12(24)6-30-16)31-19(34)17(20-7-21(8-20,9-20)22(26,27)28)32-18(33)13-4-11(23)2-3-15(13)29/h2-6,10,17H,7-9,29H2,1H3,(H,31,34)(H,32,33)/t10-,17?,20?,21?/m1/s1. The van der Waals surface area contributed by atoms with Gasteiger partial charge in [0.25, 0.3) is 5.91 Å². The maximum atomic E-state index is 14.1. The molecule has 4 N–H and O–H groups in total. The number of nitrogens with one attached hydrogen (secondary N) is 2. The summed E-state index contributed by atoms with van der Waals surface area (Å²) in [6.07, 6.45) is -4.84. The average Bonchev–Trinajstić information content (AvgIpc) is 2.65. The van der Waals surface area contributed by atoms with Gasteiger partial charge in [0.15, 0.2) is 0 Å². The van der Waals surface area contributed by atoms with Gasteiger partial charge in [-0.1, -0.05) is 0 Å². The number of carbonyl (C=O) groups excluding carboxylic acids is 2. The van der Waals surface area contributed by atoms with Crippen LogP contribution in [0, 0.1) is 28.3 Å². The zero-order valence-corrected chi connectivity index (χ0v) is 17.8. The highest BCUT2D eigenvalue weighted by Crippen LogP contribution is 2.79. The number of alkyl halides is 3. The minimum Gasteiger partial charge on any atom is -0.398 e. The lowest BCUT2D eigenvalue weighted by Gasteiger charge is -2.72. The van der Waals surface area contributed by atoms with Crippen molar-refractivity contribution in [2.75, 3.05) is 5.73 Å². The number of aromatic nitrogens is 1. The lowest BCUT2D eigenvalue weighted by Crippen LogP contribution is -2.76. The van der Waals surface area contributed by atoms with Gasteiger partial charge in [0.2, 0.25) is 5.91 Å². The Balaban J connectivity index is 1.57. The van der Waals surface area contributed by atoms with E-state index in [1.165, 1.54) is 6.92 Å². The van der Waals surface area contributed by atoms with Crippen LogP contribution in [0.3, 0.4) is 0 Å². The number of rotatable bonds is 6. The summed E-state index contributed by atoms with van der Waals surface area (Å²) in [5.41, 5.74) is 1.96. The quantitative estimate of drug-likeness (QED) is 0.428. The molecule has 1 unspecified atom stereocenters. The molecule has 5 rings (SSSR count). The number of hydrogen-bond donors (Lipinski definition) is 3. The summed E-state index contributed by atoms with van der Waals surface area (Å²) >= 11 is 0. The molecule has 2 amide bonds. The van der Waals surface area contributed by atoms with E-state index in [2.05, 4.69) is 15.6 Å². The molecule has 34 heavy (non-hydrogen) atoms. The normalized spacial score (nSPS) is 24.9. The fourth-order valence-electron chi connectivity index (χ4n) is 5.01. The fraction of sp³-hybridized carbons (Fsp3) is 0.409. The van der Waals surface area contributed by atoms with Crippen molar-refractivity contribution in [1.82, 2.24) is 15.6 Å². The van der Waals surface area contributed by atoms with Crippen LogP contribution in [0.2, 0.25) is 0 Å². The van der Waals surface area contributed by atoms with Crippen LogP contribution in [0.15, 0.2) is 30.5 Å². The lowest BCUT2D eigenvalue weighted by molar-refractivity contribution is -0.366. The zero-order valence-electron chi connectivity index (χ0n) is 17.8. The number of nitrogens with zero attached hydrogens (tertiary/aromatic N) is 1. The molecule has 2 atom stereocenters. The molecule has 0 spiro atoms. The van der Waals surface area contributed by atoms with E-state index in [1.54, 1.807) is 0 Å². The molecule has 1 heterocycles. The van der Waals surface area contributed by atoms with Gasteiger partial charge in [-0.05, 0) is 44.4 Å². The minimum absolute atomic E-state index is 0.0895. The van der Waals surface area contributed by atoms with Gasteiger partial charge in [-0.2, -0.15) is 13.2 Å². The molecule has 2 bridgehead atoms. The molecular formula is C22H20F6N4O2. The van der Waals surface area contributed by atoms with Crippen LogP contribution >= 0.6 is 0 Å². The number of hydrogen-bond acceptors (Lipinski definition) is 4. The summed E-state index contributed by atoms with van der Waals surface area (Å²) < 4.78 is 80.9. The third-order valence-corrected chi connectivity index (χ3v) is 6.69. The van der Waals surface area contributed by atoms with Crippen molar-refractivity contribution >= 4 is 17.5 Å². The maximum Gasteiger partial charge on any atom is 0.394 e. The number of amides is 2. The van der Waals surface area contributed by atoms with E-state index in [0.29, 0.717) is 6.07 Å². The zero-order chi connectivity index (χ0) is 25.1. The first-order chi connectivity index (χ1) is 15.8. The summed E-state index contributed by atoms with van der Waals surface area (Å²) in [5, 5.41) is 4.82. The van der Waals surface area contributed by atoms with Crippen LogP contribution < -0.4 is 16.4 Å². The Morgan fingerprint density at radius 3 is 2.29 bits per heavy atom. The van der Waals surface area contributed by atoms with E-state index in [9.17, 15) is 35.9 Å². The van der Waals surface area contributed by atoms with E-state index in [4.69, 9.17) is 5.73 Å². The van der Waals surface area contributed by atoms with Crippen LogP contribution in [0.5, 0.6) is 0 Å². The second-order valence-electron chi connectivity index (χ2n) is 9.06. The molecule has 3 aliphatic carbocycles. The maximum absolute atomic E-state index is 14.1. The largest absolute Gasteiger partial charge is 0.398 e. The second-order valence-corrected chi connectivity index (χ2v) is 9.06. The molecule has 3 aliphatic rings. The number of nitrogens with two attached hydrogens (primary N) is 1. The Morgan fingerprint density at radius 2 is 1.71 bits per heavy atom. The first-order valence-electron chi connectivity index (χ1n) is 10.3. The van der Waals surface area contributed by atoms with Crippen molar-refractivity contribution in [3.63, 3.8) is 0 Å². The molecule has 182 valence electrons. The second kappa shape index (κ2) is 7.88. The summed E-state index contributed by atoms with van der Waals surface area (Å²) in [6, 6.07) is 1.07. The van der Waals surface area contributed by atoms with Crippen LogP contribution in [0.1, 0.15) is 48.3 Å². The van der Waals surface area contributed by atoms with Crippen LogP contribution in [0.4, 0.5) is 32.0 Å². The molecule has 6 nitrogen and oxygen atoms in total. The number of halogens is 6. The minimum atomic E-state index is -4.46. The van der Waals surface area contributed by atoms with Gasteiger partial charge < -0.3 is 16.4 Å². The molecule has 0 radical (unpaired) electrons. The Hall–Kier alpha value is -3.31. The van der Waals surface area contributed by atoms with E-state index < -0.39 is 58.4 Å². The van der Waals surface area contributed by atoms with Gasteiger partial charge in [-0.25, -0.2) is 13.2 Å². The Labute approximate surface area is 189 Å². The molecule has 2 aromatic rings. The molecule has 3 saturated carbocycles. The van der Waals surface area contributed by atoms with Crippen molar-refractivity contribution in [3.8, 4) is 0 Å². The molecule has 0 saturated heterocycles. The first kappa shape index (κ1) is 23.8. The van der Waals surface area contributed by atoms with Crippen molar-refractivity contribution < 1.29 is 35.9 Å². The van der Waals surface area contributed by atoms with Crippen molar-refractivity contribution in [2.24, 2.45) is 10.8 Å². The molecule has 0 aliphatic heterocycles. The molecular weight excluding hydrogens is 466 g/mol. The number of carbonyl (C=O) groups is 2. The van der Waals surface area contributed by atoms with Gasteiger partial charge in [0.05, 0.1) is 28.9 Å². The SMILES string of the molecule is C[C@@H](NC(=O)C(NC(=O)c1cc(F)ccc1N)C12CC(C(F)(F)F)(C1)C2)c1ncc(F)cc1F. The Bertz CT molecular complexity index is 1150. The van der Waals surface area contributed by atoms with Crippen molar-refractivity contribution in [1.29, 1.82) is 0 Å². The Morgan fingerprint density at radius 1 is 1.06 bits per heavy atom. The van der Waals surface area contributed by atoms with Gasteiger partial charge in [-0.3, -0.25) is 14.6 Å². The molecule has 3 fully saturated rings. The van der Waals surface area contributed by atoms with E-state index in [1.807, 2.05) is 0 Å². The van der Waals surface area contributed by atoms with Crippen molar-refractivity contribution in [2.45, 2.75) is 44.4 Å². The van der Waals surface area contributed by atoms with Gasteiger partial charge in [0.1, 0.15) is 23.5 Å². The summed E-state index contributed by atoms with van der Waals surface area (Å²) in [6.45, 7) is 1.35. The number of pyridine rings is 1. The number of anilines is 1. The first-order valence-corrected chi connectivity index (χ1v) is 10.3. The summed E-state index contributed by atoms with van der Waals surface area (Å²) in [5.74, 6) is -4.54. The summed E-state index contributed by atoms with van der Waals surface area (Å²) in [4.78, 5) is 29.5. The third kappa shape index (κ3) is 3.84. The highest BCUT2D eigenvalue weighted by atomic mass is 19.4. The van der Waals surface area contributed by atoms with E-state index in [-0.39, 0.29) is 36.2 Å². The average molecular weight is 486 g/mol. The predicted octanol–water partition coefficient (Wildman–Crippen LogP) is 3.79. The van der Waals surface area contributed by atoms with Crippen LogP contribution in [-0.2, 0) is 4.79 Å². The van der Waals surface area contributed by atoms with Crippen LogP contribution in [0.25, 0.3) is 0 Å². The van der Waals surface area contributed by atoms with Crippen molar-refractivity contribution in [3.05, 3.63) is 59.2 Å². The topological polar surface area (TPSA) is 97.1 Å². The van der Waals surface area contributed by atoms with Crippen LogP contribution in [-0.4, -0.2) is 29.0 Å². The van der Waals surface area contributed by atoms with Gasteiger partial charge in [-0.15, -0.1) is 0 Å².